The van der Waals surface area contributed by atoms with Crippen LogP contribution >= 0.6 is 0 Å². The second-order valence-electron chi connectivity index (χ2n) is 6.26. The average molecular weight is 291 g/mol. The van der Waals surface area contributed by atoms with Crippen molar-refractivity contribution in [1.82, 2.24) is 10.6 Å². The maximum absolute atomic E-state index is 11.9. The molecule has 1 aromatic carbocycles. The van der Waals surface area contributed by atoms with Gasteiger partial charge in [-0.2, -0.15) is 0 Å². The van der Waals surface area contributed by atoms with E-state index < -0.39 is 6.04 Å². The summed E-state index contributed by atoms with van der Waals surface area (Å²) < 4.78 is 0. The molecule has 1 aromatic rings. The van der Waals surface area contributed by atoms with Crippen LogP contribution in [0.1, 0.15) is 33.3 Å². The Bertz CT molecular complexity index is 489. The lowest BCUT2D eigenvalue weighted by molar-refractivity contribution is -0.124. The highest BCUT2D eigenvalue weighted by Gasteiger charge is 2.19. The molecule has 0 saturated heterocycles. The minimum absolute atomic E-state index is 0.0899. The first-order valence-corrected chi connectivity index (χ1v) is 7.09. The Labute approximate surface area is 126 Å². The predicted octanol–water partition coefficient (Wildman–Crippen LogP) is 1.83. The van der Waals surface area contributed by atoms with Crippen LogP contribution < -0.4 is 16.0 Å². The van der Waals surface area contributed by atoms with Gasteiger partial charge in [-0.25, -0.2) is 0 Å². The number of benzene rings is 1. The summed E-state index contributed by atoms with van der Waals surface area (Å²) >= 11 is 0. The van der Waals surface area contributed by atoms with Crippen LogP contribution in [0.3, 0.4) is 0 Å². The molecule has 1 unspecified atom stereocenters. The summed E-state index contributed by atoms with van der Waals surface area (Å²) in [6.07, 6.45) is 0. The summed E-state index contributed by atoms with van der Waals surface area (Å²) in [5.41, 5.74) is 1.61. The van der Waals surface area contributed by atoms with Crippen LogP contribution in [0.4, 0.5) is 5.69 Å². The molecule has 0 fully saturated rings. The molecule has 5 nitrogen and oxygen atoms in total. The van der Waals surface area contributed by atoms with E-state index in [0.717, 1.165) is 11.3 Å². The topological polar surface area (TPSA) is 70.2 Å². The van der Waals surface area contributed by atoms with Gasteiger partial charge in [0.1, 0.15) is 0 Å². The summed E-state index contributed by atoms with van der Waals surface area (Å²) in [6, 6.07) is 7.14. The number of anilines is 1. The van der Waals surface area contributed by atoms with E-state index in [1.165, 1.54) is 0 Å². The van der Waals surface area contributed by atoms with E-state index in [1.807, 2.05) is 52.0 Å². The molecule has 0 aliphatic carbocycles. The van der Waals surface area contributed by atoms with E-state index in [0.29, 0.717) is 0 Å². The molecule has 0 bridgehead atoms. The first-order valence-electron chi connectivity index (χ1n) is 7.09. The Morgan fingerprint density at radius 2 is 1.71 bits per heavy atom. The monoisotopic (exact) mass is 291 g/mol. The van der Waals surface area contributed by atoms with Crippen LogP contribution in [0.25, 0.3) is 0 Å². The van der Waals surface area contributed by atoms with Gasteiger partial charge >= 0.3 is 0 Å². The van der Waals surface area contributed by atoms with Crippen molar-refractivity contribution in [3.05, 3.63) is 29.8 Å². The second-order valence-corrected chi connectivity index (χ2v) is 6.26. The second kappa shape index (κ2) is 7.22. The van der Waals surface area contributed by atoms with E-state index in [-0.39, 0.29) is 23.9 Å². The van der Waals surface area contributed by atoms with Crippen LogP contribution in [-0.2, 0) is 9.59 Å². The van der Waals surface area contributed by atoms with Crippen LogP contribution in [0.2, 0.25) is 0 Å². The van der Waals surface area contributed by atoms with E-state index in [9.17, 15) is 9.59 Å². The molecular weight excluding hydrogens is 266 g/mol. The minimum Gasteiger partial charge on any atom is -0.350 e. The third-order valence-electron chi connectivity index (χ3n) is 2.80. The Kier molecular flexibility index (Phi) is 5.90. The molecule has 116 valence electrons. The van der Waals surface area contributed by atoms with Gasteiger partial charge < -0.3 is 10.6 Å². The minimum atomic E-state index is -0.423. The van der Waals surface area contributed by atoms with E-state index in [4.69, 9.17) is 0 Å². The highest BCUT2D eigenvalue weighted by molar-refractivity contribution is 5.92. The van der Waals surface area contributed by atoms with Gasteiger partial charge in [0.15, 0.2) is 0 Å². The summed E-state index contributed by atoms with van der Waals surface area (Å²) in [6.45, 7) is 9.57. The van der Waals surface area contributed by atoms with Crippen LogP contribution in [0.5, 0.6) is 0 Å². The Balaban J connectivity index is 2.38. The van der Waals surface area contributed by atoms with Gasteiger partial charge in [-0.05, 0) is 46.8 Å². The smallest absolute Gasteiger partial charge is 0.238 e. The quantitative estimate of drug-likeness (QED) is 0.775. The van der Waals surface area contributed by atoms with Crippen molar-refractivity contribution < 1.29 is 9.59 Å². The average Bonchev–Trinajstić information content (AvgIpc) is 2.36. The summed E-state index contributed by atoms with van der Waals surface area (Å²) in [7, 11) is 0. The van der Waals surface area contributed by atoms with Crippen LogP contribution in [-0.4, -0.2) is 29.9 Å². The number of nitrogens with one attached hydrogen (secondary N) is 3. The van der Waals surface area contributed by atoms with Crippen molar-refractivity contribution in [2.45, 2.75) is 46.2 Å². The molecule has 0 aromatic heterocycles. The Hall–Kier alpha value is -1.88. The first-order chi connectivity index (χ1) is 9.67. The van der Waals surface area contributed by atoms with Crippen molar-refractivity contribution in [2.24, 2.45) is 0 Å². The van der Waals surface area contributed by atoms with Gasteiger partial charge in [0.05, 0.1) is 12.6 Å². The fraction of sp³-hybridized carbons (Fsp3) is 0.500. The third-order valence-corrected chi connectivity index (χ3v) is 2.80. The van der Waals surface area contributed by atoms with Gasteiger partial charge in [0.2, 0.25) is 11.8 Å². The zero-order valence-electron chi connectivity index (χ0n) is 13.4. The lowest BCUT2D eigenvalue weighted by Crippen LogP contribution is -2.50. The van der Waals surface area contributed by atoms with E-state index >= 15 is 0 Å². The maximum atomic E-state index is 11.9. The highest BCUT2D eigenvalue weighted by atomic mass is 16.2. The fourth-order valence-electron chi connectivity index (χ4n) is 1.66. The van der Waals surface area contributed by atoms with Crippen molar-refractivity contribution in [3.8, 4) is 0 Å². The zero-order valence-corrected chi connectivity index (χ0v) is 13.4. The molecule has 1 atom stereocenters. The molecule has 0 aliphatic heterocycles. The lowest BCUT2D eigenvalue weighted by Gasteiger charge is -2.23. The molecule has 0 saturated carbocycles. The number of aryl methyl sites for hydroxylation is 1. The van der Waals surface area contributed by atoms with Gasteiger partial charge in [-0.15, -0.1) is 0 Å². The number of hydrogen-bond acceptors (Lipinski definition) is 3. The van der Waals surface area contributed by atoms with Crippen molar-refractivity contribution in [2.75, 3.05) is 11.9 Å². The molecule has 21 heavy (non-hydrogen) atoms. The van der Waals surface area contributed by atoms with E-state index in [1.54, 1.807) is 6.92 Å². The van der Waals surface area contributed by atoms with Crippen LogP contribution in [0, 0.1) is 6.92 Å². The summed E-state index contributed by atoms with van der Waals surface area (Å²) in [4.78, 5) is 23.7. The fourth-order valence-corrected chi connectivity index (χ4v) is 1.66. The third kappa shape index (κ3) is 6.90. The maximum Gasteiger partial charge on any atom is 0.238 e. The van der Waals surface area contributed by atoms with Gasteiger partial charge in [-0.1, -0.05) is 17.7 Å². The van der Waals surface area contributed by atoms with Crippen LogP contribution in [0.15, 0.2) is 24.3 Å². The van der Waals surface area contributed by atoms with Crippen molar-refractivity contribution >= 4 is 17.5 Å². The molecule has 0 spiro atoms. The predicted molar refractivity (Wildman–Crippen MR) is 85.2 cm³/mol. The molecular formula is C16H25N3O2. The number of carbonyl (C=O) groups is 2. The van der Waals surface area contributed by atoms with Crippen molar-refractivity contribution in [1.29, 1.82) is 0 Å². The normalized spacial score (nSPS) is 12.6. The molecule has 5 heteroatoms. The number of amides is 2. The highest BCUT2D eigenvalue weighted by Crippen LogP contribution is 2.08. The number of rotatable bonds is 5. The van der Waals surface area contributed by atoms with Gasteiger partial charge in [-0.3, -0.25) is 14.9 Å². The Morgan fingerprint density at radius 3 is 2.24 bits per heavy atom. The first kappa shape index (κ1) is 17.2. The standard InChI is InChI=1S/C16H25N3O2/c1-11-6-8-13(9-7-11)18-14(20)10-17-12(2)15(21)19-16(3,4)5/h6-9,12,17H,10H2,1-5H3,(H,18,20)(H,19,21). The molecule has 2 amide bonds. The summed E-state index contributed by atoms with van der Waals surface area (Å²) in [5.74, 6) is -0.292. The summed E-state index contributed by atoms with van der Waals surface area (Å²) in [5, 5.41) is 8.56. The molecule has 0 heterocycles. The molecule has 0 aliphatic rings. The lowest BCUT2D eigenvalue weighted by atomic mass is 10.1. The zero-order chi connectivity index (χ0) is 16.0. The van der Waals surface area contributed by atoms with Crippen molar-refractivity contribution in [3.63, 3.8) is 0 Å². The van der Waals surface area contributed by atoms with E-state index in [2.05, 4.69) is 16.0 Å². The molecule has 1 rings (SSSR count). The van der Waals surface area contributed by atoms with Gasteiger partial charge in [0.25, 0.3) is 0 Å². The molecule has 3 N–H and O–H groups in total. The molecule has 0 radical (unpaired) electrons. The Morgan fingerprint density at radius 1 is 1.14 bits per heavy atom. The van der Waals surface area contributed by atoms with Gasteiger partial charge in [0, 0.05) is 11.2 Å². The largest absolute Gasteiger partial charge is 0.350 e. The SMILES string of the molecule is Cc1ccc(NC(=O)CNC(C)C(=O)NC(C)(C)C)cc1. The number of hydrogen-bond donors (Lipinski definition) is 3. The number of carbonyl (C=O) groups excluding carboxylic acids is 2.